The number of fused-ring (bicyclic) bond motifs is 6. The van der Waals surface area contributed by atoms with Crippen LogP contribution < -0.4 is 5.32 Å². The number of aromatic nitrogens is 1. The number of benzene rings is 1. The number of carbonyl (C=O) groups is 1. The Labute approximate surface area is 203 Å². The number of amides is 1. The predicted octanol–water partition coefficient (Wildman–Crippen LogP) is 3.77. The summed E-state index contributed by atoms with van der Waals surface area (Å²) >= 11 is 3.21. The zero-order valence-electron chi connectivity index (χ0n) is 17.8. The number of nitrogens with one attached hydrogen (secondary N) is 1. The third kappa shape index (κ3) is 3.28. The molecule has 34 heavy (non-hydrogen) atoms. The van der Waals surface area contributed by atoms with Crippen molar-refractivity contribution >= 4 is 43.5 Å². The fourth-order valence-corrected chi connectivity index (χ4v) is 7.54. The molecule has 1 amide bonds. The number of nitrogens with zero attached hydrogens (tertiary/aromatic N) is 3. The molecule has 2 N–H and O–H groups in total. The fourth-order valence-electron chi connectivity index (χ4n) is 5.96. The second-order valence-corrected chi connectivity index (χ2v) is 11.7. The maximum Gasteiger partial charge on any atom is 0.288 e. The van der Waals surface area contributed by atoms with Gasteiger partial charge in [-0.2, -0.15) is 8.42 Å². The maximum absolute atomic E-state index is 13.8. The Kier molecular flexibility index (Phi) is 4.86. The standard InChI is InChI=1S/C23H20BrFN4O4S/c24-14-8-16-21(26-9-14)27-22(28-34(16,32)33)18-20(30)17-12-3-4-13(7-12)19(17)29(23(18)31)10-11-1-5-15(25)6-2-11/h1-2,5-6,8-9,12-13,17,19,30H,3-4,7,10H2,(H,26,27,28)/t12-,13-,17+,19-/m0/s1. The van der Waals surface area contributed by atoms with Crippen molar-refractivity contribution in [1.29, 1.82) is 0 Å². The lowest BCUT2D eigenvalue weighted by Crippen LogP contribution is -2.53. The Balaban J connectivity index is 1.45. The molecule has 0 spiro atoms. The molecular formula is C23H20BrFN4O4S. The van der Waals surface area contributed by atoms with E-state index in [1.54, 1.807) is 17.0 Å². The van der Waals surface area contributed by atoms with E-state index in [2.05, 4.69) is 30.6 Å². The Hall–Kier alpha value is -2.79. The van der Waals surface area contributed by atoms with E-state index in [9.17, 15) is 22.7 Å². The Morgan fingerprint density at radius 3 is 2.71 bits per heavy atom. The van der Waals surface area contributed by atoms with Crippen LogP contribution in [0, 0.1) is 23.6 Å². The molecule has 4 atom stereocenters. The largest absolute Gasteiger partial charge is 0.511 e. The van der Waals surface area contributed by atoms with Crippen molar-refractivity contribution in [2.45, 2.75) is 36.7 Å². The van der Waals surface area contributed by atoms with Crippen LogP contribution in [0.25, 0.3) is 0 Å². The van der Waals surface area contributed by atoms with Crippen LogP contribution in [0.4, 0.5) is 10.2 Å². The molecule has 0 unspecified atom stereocenters. The maximum atomic E-state index is 13.8. The van der Waals surface area contributed by atoms with E-state index in [-0.39, 0.29) is 64.0 Å². The minimum atomic E-state index is -4.15. The van der Waals surface area contributed by atoms with Gasteiger partial charge >= 0.3 is 0 Å². The molecule has 1 aromatic heterocycles. The van der Waals surface area contributed by atoms with Crippen molar-refractivity contribution in [3.8, 4) is 0 Å². The first-order valence-corrected chi connectivity index (χ1v) is 13.2. The number of hydrogen-bond acceptors (Lipinski definition) is 6. The number of aliphatic hydroxyl groups excluding tert-OH is 1. The van der Waals surface area contributed by atoms with Gasteiger partial charge in [-0.25, -0.2) is 9.37 Å². The molecule has 0 saturated heterocycles. The highest BCUT2D eigenvalue weighted by molar-refractivity contribution is 9.10. The van der Waals surface area contributed by atoms with E-state index in [1.807, 2.05) is 0 Å². The van der Waals surface area contributed by atoms with Gasteiger partial charge in [0.1, 0.15) is 22.0 Å². The van der Waals surface area contributed by atoms with Gasteiger partial charge in [-0.15, -0.1) is 4.40 Å². The van der Waals surface area contributed by atoms with E-state index in [1.165, 1.54) is 24.4 Å². The summed E-state index contributed by atoms with van der Waals surface area (Å²) in [6.45, 7) is 0.224. The molecule has 4 aliphatic rings. The summed E-state index contributed by atoms with van der Waals surface area (Å²) in [6, 6.07) is 7.13. The number of halogens is 2. The van der Waals surface area contributed by atoms with Gasteiger partial charge in [-0.3, -0.25) is 4.79 Å². The average molecular weight is 547 g/mol. The molecule has 0 radical (unpaired) electrons. The normalized spacial score (nSPS) is 28.9. The molecule has 2 bridgehead atoms. The van der Waals surface area contributed by atoms with E-state index >= 15 is 0 Å². The molecule has 2 saturated carbocycles. The first-order chi connectivity index (χ1) is 16.2. The zero-order chi connectivity index (χ0) is 23.8. The van der Waals surface area contributed by atoms with Crippen molar-refractivity contribution in [2.24, 2.45) is 22.2 Å². The third-order valence-electron chi connectivity index (χ3n) is 7.33. The Morgan fingerprint density at radius 2 is 1.94 bits per heavy atom. The number of sulfonamides is 1. The quantitative estimate of drug-likeness (QED) is 0.606. The van der Waals surface area contributed by atoms with Gasteiger partial charge in [-0.1, -0.05) is 12.1 Å². The smallest absolute Gasteiger partial charge is 0.288 e. The molecule has 2 fully saturated rings. The molecule has 6 rings (SSSR count). The van der Waals surface area contributed by atoms with E-state index in [0.29, 0.717) is 4.47 Å². The molecule has 2 aromatic rings. The fraction of sp³-hybridized carbons (Fsp3) is 0.348. The highest BCUT2D eigenvalue weighted by Gasteiger charge is 2.57. The summed E-state index contributed by atoms with van der Waals surface area (Å²) in [5.41, 5.74) is 0.606. The highest BCUT2D eigenvalue weighted by Crippen LogP contribution is 2.55. The van der Waals surface area contributed by atoms with Crippen molar-refractivity contribution in [1.82, 2.24) is 9.88 Å². The van der Waals surface area contributed by atoms with Crippen LogP contribution >= 0.6 is 15.9 Å². The summed E-state index contributed by atoms with van der Waals surface area (Å²) in [5, 5.41) is 14.2. The number of aliphatic hydroxyl groups is 1. The zero-order valence-corrected chi connectivity index (χ0v) is 20.2. The minimum Gasteiger partial charge on any atom is -0.511 e. The number of amidine groups is 1. The summed E-state index contributed by atoms with van der Waals surface area (Å²) in [6.07, 6.45) is 4.25. The molecule has 2 aliphatic carbocycles. The van der Waals surface area contributed by atoms with Crippen LogP contribution in [0.3, 0.4) is 0 Å². The second-order valence-electron chi connectivity index (χ2n) is 9.21. The van der Waals surface area contributed by atoms with Crippen LogP contribution in [0.2, 0.25) is 0 Å². The van der Waals surface area contributed by atoms with Crippen LogP contribution in [-0.2, 0) is 21.4 Å². The first kappa shape index (κ1) is 21.7. The number of rotatable bonds is 3. The molecule has 176 valence electrons. The predicted molar refractivity (Wildman–Crippen MR) is 125 cm³/mol. The van der Waals surface area contributed by atoms with Crippen LogP contribution in [-0.4, -0.2) is 41.2 Å². The lowest BCUT2D eigenvalue weighted by Gasteiger charge is -2.44. The average Bonchev–Trinajstić information content (AvgIpc) is 3.40. The summed E-state index contributed by atoms with van der Waals surface area (Å²) in [5.74, 6) is -0.996. The summed E-state index contributed by atoms with van der Waals surface area (Å²) < 4.78 is 43.6. The van der Waals surface area contributed by atoms with E-state index < -0.39 is 15.9 Å². The van der Waals surface area contributed by atoms with Crippen molar-refractivity contribution in [2.75, 3.05) is 5.32 Å². The van der Waals surface area contributed by atoms with Crippen LogP contribution in [0.5, 0.6) is 0 Å². The van der Waals surface area contributed by atoms with Gasteiger partial charge in [-0.05, 0) is 70.8 Å². The Bertz CT molecular complexity index is 1390. The molecular weight excluding hydrogens is 527 g/mol. The molecule has 1 aromatic carbocycles. The van der Waals surface area contributed by atoms with Crippen LogP contribution in [0.15, 0.2) is 61.6 Å². The van der Waals surface area contributed by atoms with Crippen LogP contribution in [0.1, 0.15) is 24.8 Å². The SMILES string of the molecule is O=C1C(C2=NS(=O)(=O)c3cc(Br)cnc3N2)=C(O)[C@@H]2[C@H]3CC[C@@H](C3)[C@@H]2N1Cc1ccc(F)cc1. The lowest BCUT2D eigenvalue weighted by atomic mass is 9.77. The van der Waals surface area contributed by atoms with Gasteiger partial charge in [0.05, 0.1) is 0 Å². The second kappa shape index (κ2) is 7.61. The minimum absolute atomic E-state index is 0.0430. The van der Waals surface area contributed by atoms with E-state index in [0.717, 1.165) is 24.8 Å². The summed E-state index contributed by atoms with van der Waals surface area (Å²) in [4.78, 5) is 19.5. The molecule has 8 nitrogen and oxygen atoms in total. The third-order valence-corrected chi connectivity index (χ3v) is 9.05. The number of carbonyl (C=O) groups excluding carboxylic acids is 1. The number of pyridine rings is 1. The van der Waals surface area contributed by atoms with Crippen molar-refractivity contribution in [3.63, 3.8) is 0 Å². The lowest BCUT2D eigenvalue weighted by molar-refractivity contribution is -0.134. The highest BCUT2D eigenvalue weighted by atomic mass is 79.9. The molecule has 11 heteroatoms. The Morgan fingerprint density at radius 1 is 1.21 bits per heavy atom. The molecule has 2 aliphatic heterocycles. The van der Waals surface area contributed by atoms with Crippen molar-refractivity contribution < 1.29 is 22.7 Å². The van der Waals surface area contributed by atoms with Gasteiger partial charge in [0, 0.05) is 29.2 Å². The number of hydrogen-bond donors (Lipinski definition) is 2. The first-order valence-electron chi connectivity index (χ1n) is 11.0. The number of anilines is 1. The van der Waals surface area contributed by atoms with Crippen molar-refractivity contribution in [3.05, 3.63) is 63.7 Å². The monoisotopic (exact) mass is 546 g/mol. The summed E-state index contributed by atoms with van der Waals surface area (Å²) in [7, 11) is -4.15. The topological polar surface area (TPSA) is 112 Å². The molecule has 3 heterocycles. The van der Waals surface area contributed by atoms with E-state index in [4.69, 9.17) is 0 Å². The van der Waals surface area contributed by atoms with Gasteiger partial charge < -0.3 is 15.3 Å². The van der Waals surface area contributed by atoms with Gasteiger partial charge in [0.15, 0.2) is 11.7 Å². The van der Waals surface area contributed by atoms with Gasteiger partial charge in [0.2, 0.25) is 0 Å². The van der Waals surface area contributed by atoms with Gasteiger partial charge in [0.25, 0.3) is 15.9 Å².